The molecule has 20 heavy (non-hydrogen) atoms. The second-order valence-electron chi connectivity index (χ2n) is 4.88. The molecule has 0 spiro atoms. The minimum Gasteiger partial charge on any atom is -0.462 e. The molecule has 2 atom stereocenters. The summed E-state index contributed by atoms with van der Waals surface area (Å²) >= 11 is 5.55. The van der Waals surface area contributed by atoms with Crippen LogP contribution in [0.5, 0.6) is 0 Å². The van der Waals surface area contributed by atoms with Gasteiger partial charge in [-0.05, 0) is 59.6 Å². The summed E-state index contributed by atoms with van der Waals surface area (Å²) in [6, 6.07) is 6.06. The highest BCUT2D eigenvalue weighted by Gasteiger charge is 2.22. The summed E-state index contributed by atoms with van der Waals surface area (Å²) in [5, 5.41) is 4.19. The molecule has 2 rings (SSSR count). The minimum absolute atomic E-state index is 0.277. The third-order valence-electron chi connectivity index (χ3n) is 3.43. The summed E-state index contributed by atoms with van der Waals surface area (Å²) in [4.78, 5) is 11.7. The van der Waals surface area contributed by atoms with Crippen LogP contribution in [0.4, 0.5) is 5.69 Å². The first-order valence-corrected chi connectivity index (χ1v) is 8.80. The van der Waals surface area contributed by atoms with Crippen molar-refractivity contribution in [1.82, 2.24) is 0 Å². The van der Waals surface area contributed by atoms with Crippen LogP contribution in [0.25, 0.3) is 0 Å². The molecule has 1 N–H and O–H groups in total. The molecule has 3 nitrogen and oxygen atoms in total. The van der Waals surface area contributed by atoms with Crippen molar-refractivity contribution in [2.45, 2.75) is 38.0 Å². The van der Waals surface area contributed by atoms with Gasteiger partial charge in [0.25, 0.3) is 0 Å². The van der Waals surface area contributed by atoms with E-state index in [0.29, 0.717) is 23.5 Å². The summed E-state index contributed by atoms with van der Waals surface area (Å²) in [5.74, 6) is 0.976. The van der Waals surface area contributed by atoms with Gasteiger partial charge >= 0.3 is 5.97 Å². The normalized spacial score (nSPS) is 22.4. The summed E-state index contributed by atoms with van der Waals surface area (Å²) in [6.07, 6.45) is 2.45. The number of carbonyl (C=O) groups is 1. The molecule has 1 aromatic rings. The van der Waals surface area contributed by atoms with Crippen molar-refractivity contribution < 1.29 is 9.53 Å². The first kappa shape index (κ1) is 15.7. The number of anilines is 1. The zero-order valence-electron chi connectivity index (χ0n) is 11.8. The lowest BCUT2D eigenvalue weighted by molar-refractivity contribution is 0.0526. The molecule has 0 aliphatic carbocycles. The molecule has 0 saturated carbocycles. The Morgan fingerprint density at radius 3 is 3.00 bits per heavy atom. The van der Waals surface area contributed by atoms with Gasteiger partial charge < -0.3 is 10.1 Å². The van der Waals surface area contributed by atoms with E-state index in [1.165, 1.54) is 18.6 Å². The molecule has 0 amide bonds. The van der Waals surface area contributed by atoms with Crippen molar-refractivity contribution in [3.8, 4) is 0 Å². The van der Waals surface area contributed by atoms with Gasteiger partial charge in [0.15, 0.2) is 0 Å². The molecule has 1 saturated heterocycles. The number of ether oxygens (including phenoxy) is 1. The van der Waals surface area contributed by atoms with E-state index in [1.54, 1.807) is 0 Å². The molecule has 1 aliphatic rings. The van der Waals surface area contributed by atoms with Gasteiger partial charge in [0.05, 0.1) is 12.2 Å². The molecule has 0 aromatic heterocycles. The van der Waals surface area contributed by atoms with Crippen LogP contribution in [0.15, 0.2) is 22.7 Å². The lowest BCUT2D eigenvalue weighted by Crippen LogP contribution is -2.32. The molecule has 1 heterocycles. The number of hydrogen-bond donors (Lipinski definition) is 1. The fourth-order valence-electron chi connectivity index (χ4n) is 2.29. The standard InChI is InChI=1S/C15H20BrNO2S/c1-3-19-15(18)11-6-7-14(12(16)9-11)17-13-5-4-8-20-10(13)2/h6-7,9-10,13,17H,3-5,8H2,1-2H3. The molecule has 110 valence electrons. The van der Waals surface area contributed by atoms with E-state index < -0.39 is 0 Å². The minimum atomic E-state index is -0.277. The maximum Gasteiger partial charge on any atom is 0.338 e. The summed E-state index contributed by atoms with van der Waals surface area (Å²) in [7, 11) is 0. The lowest BCUT2D eigenvalue weighted by Gasteiger charge is -2.30. The smallest absolute Gasteiger partial charge is 0.338 e. The van der Waals surface area contributed by atoms with Crippen LogP contribution in [-0.4, -0.2) is 29.6 Å². The highest BCUT2D eigenvalue weighted by molar-refractivity contribution is 9.10. The van der Waals surface area contributed by atoms with E-state index in [0.717, 1.165) is 10.2 Å². The predicted molar refractivity (Wildman–Crippen MR) is 88.7 cm³/mol. The maximum atomic E-state index is 11.7. The maximum absolute atomic E-state index is 11.7. The van der Waals surface area contributed by atoms with Crippen molar-refractivity contribution in [2.75, 3.05) is 17.7 Å². The number of carbonyl (C=O) groups excluding carboxylic acids is 1. The third-order valence-corrected chi connectivity index (χ3v) is 5.46. The second-order valence-corrected chi connectivity index (χ2v) is 7.22. The van der Waals surface area contributed by atoms with Crippen LogP contribution < -0.4 is 5.32 Å². The number of nitrogens with one attached hydrogen (secondary N) is 1. The van der Waals surface area contributed by atoms with E-state index in [4.69, 9.17) is 4.74 Å². The van der Waals surface area contributed by atoms with Gasteiger partial charge in [0.2, 0.25) is 0 Å². The Kier molecular flexibility index (Phi) is 5.78. The fraction of sp³-hybridized carbons (Fsp3) is 0.533. The van der Waals surface area contributed by atoms with Crippen LogP contribution in [0.1, 0.15) is 37.0 Å². The van der Waals surface area contributed by atoms with Crippen LogP contribution in [-0.2, 0) is 4.74 Å². The van der Waals surface area contributed by atoms with Crippen molar-refractivity contribution >= 4 is 39.3 Å². The number of halogens is 1. The summed E-state index contributed by atoms with van der Waals surface area (Å²) < 4.78 is 5.91. The lowest BCUT2D eigenvalue weighted by atomic mass is 10.1. The number of hydrogen-bond acceptors (Lipinski definition) is 4. The van der Waals surface area contributed by atoms with Crippen LogP contribution in [0.2, 0.25) is 0 Å². The number of thioether (sulfide) groups is 1. The van der Waals surface area contributed by atoms with Gasteiger partial charge in [0.1, 0.15) is 0 Å². The first-order chi connectivity index (χ1) is 9.61. The Morgan fingerprint density at radius 1 is 1.55 bits per heavy atom. The second kappa shape index (κ2) is 7.36. The molecule has 2 unspecified atom stereocenters. The Hall–Kier alpha value is -0.680. The highest BCUT2D eigenvalue weighted by Crippen LogP contribution is 2.31. The van der Waals surface area contributed by atoms with Gasteiger partial charge in [-0.1, -0.05) is 6.92 Å². The Morgan fingerprint density at radius 2 is 2.35 bits per heavy atom. The van der Waals surface area contributed by atoms with Gasteiger partial charge in [-0.15, -0.1) is 0 Å². The van der Waals surface area contributed by atoms with Gasteiger partial charge in [-0.25, -0.2) is 4.79 Å². The SMILES string of the molecule is CCOC(=O)c1ccc(NC2CCCSC2C)c(Br)c1. The molecule has 1 aromatic carbocycles. The quantitative estimate of drug-likeness (QED) is 0.814. The van der Waals surface area contributed by atoms with Crippen molar-refractivity contribution in [1.29, 1.82) is 0 Å². The van der Waals surface area contributed by atoms with Crippen LogP contribution >= 0.6 is 27.7 Å². The van der Waals surface area contributed by atoms with E-state index in [9.17, 15) is 4.79 Å². The van der Waals surface area contributed by atoms with Gasteiger partial charge in [-0.3, -0.25) is 0 Å². The van der Waals surface area contributed by atoms with Crippen molar-refractivity contribution in [3.05, 3.63) is 28.2 Å². The topological polar surface area (TPSA) is 38.3 Å². The zero-order chi connectivity index (χ0) is 14.5. The number of esters is 1. The van der Waals surface area contributed by atoms with E-state index in [1.807, 2.05) is 36.9 Å². The van der Waals surface area contributed by atoms with Crippen LogP contribution in [0.3, 0.4) is 0 Å². The van der Waals surface area contributed by atoms with Gasteiger partial charge in [-0.2, -0.15) is 11.8 Å². The predicted octanol–water partition coefficient (Wildman–Crippen LogP) is 4.32. The molecule has 0 bridgehead atoms. The largest absolute Gasteiger partial charge is 0.462 e. The zero-order valence-corrected chi connectivity index (χ0v) is 14.2. The fourth-order valence-corrected chi connectivity index (χ4v) is 3.92. The third kappa shape index (κ3) is 3.92. The first-order valence-electron chi connectivity index (χ1n) is 6.96. The Bertz CT molecular complexity index is 481. The van der Waals surface area contributed by atoms with E-state index in [2.05, 4.69) is 28.2 Å². The highest BCUT2D eigenvalue weighted by atomic mass is 79.9. The summed E-state index contributed by atoms with van der Waals surface area (Å²) in [5.41, 5.74) is 1.62. The van der Waals surface area contributed by atoms with Gasteiger partial charge in [0, 0.05) is 21.5 Å². The average Bonchev–Trinajstić information content (AvgIpc) is 2.43. The molecule has 1 aliphatic heterocycles. The molecule has 5 heteroatoms. The average molecular weight is 358 g/mol. The molecule has 1 fully saturated rings. The molecular weight excluding hydrogens is 338 g/mol. The van der Waals surface area contributed by atoms with E-state index in [-0.39, 0.29) is 5.97 Å². The molecule has 0 radical (unpaired) electrons. The Balaban J connectivity index is 2.07. The monoisotopic (exact) mass is 357 g/mol. The number of rotatable bonds is 4. The van der Waals surface area contributed by atoms with E-state index >= 15 is 0 Å². The Labute approximate surface area is 133 Å². The van der Waals surface area contributed by atoms with Crippen molar-refractivity contribution in [3.63, 3.8) is 0 Å². The number of benzene rings is 1. The van der Waals surface area contributed by atoms with Crippen LogP contribution in [0, 0.1) is 0 Å². The molecular formula is C15H20BrNO2S. The van der Waals surface area contributed by atoms with Crippen molar-refractivity contribution in [2.24, 2.45) is 0 Å². The summed E-state index contributed by atoms with van der Waals surface area (Å²) in [6.45, 7) is 4.47.